The first kappa shape index (κ1) is 22.3. The summed E-state index contributed by atoms with van der Waals surface area (Å²) in [5.74, 6) is 2.23. The molecule has 0 spiro atoms. The van der Waals surface area contributed by atoms with Gasteiger partial charge in [-0.1, -0.05) is 25.1 Å². The number of piperidine rings is 1. The molecule has 0 bridgehead atoms. The molecule has 34 heavy (non-hydrogen) atoms. The maximum Gasteiger partial charge on any atom is 0.289 e. The standard InChI is InChI=1S/C26H31N5O3/c1-20-11-13-30(14-12-20)26(33)23-8-7-22(34-23)19-31-25(32)10-9-24(27-31)29-17-15-28(16-18-29)21-5-3-2-4-6-21/h2-10,20H,11-19H2,1H3. The van der Waals surface area contributed by atoms with E-state index in [4.69, 9.17) is 4.42 Å². The van der Waals surface area contributed by atoms with Crippen molar-refractivity contribution in [2.75, 3.05) is 49.1 Å². The molecule has 0 unspecified atom stereocenters. The number of hydrogen-bond donors (Lipinski definition) is 0. The fourth-order valence-electron chi connectivity index (χ4n) is 4.65. The summed E-state index contributed by atoms with van der Waals surface area (Å²) in [6, 6.07) is 17.2. The summed E-state index contributed by atoms with van der Waals surface area (Å²) in [4.78, 5) is 31.6. The minimum absolute atomic E-state index is 0.0801. The average molecular weight is 462 g/mol. The van der Waals surface area contributed by atoms with E-state index < -0.39 is 0 Å². The van der Waals surface area contributed by atoms with E-state index in [0.29, 0.717) is 17.4 Å². The first-order valence-electron chi connectivity index (χ1n) is 12.1. The number of benzene rings is 1. The lowest BCUT2D eigenvalue weighted by Gasteiger charge is -2.36. The molecule has 1 aromatic carbocycles. The van der Waals surface area contributed by atoms with E-state index in [0.717, 1.165) is 57.9 Å². The van der Waals surface area contributed by atoms with Crippen LogP contribution in [0, 0.1) is 5.92 Å². The van der Waals surface area contributed by atoms with Crippen LogP contribution >= 0.6 is 0 Å². The molecule has 3 aromatic rings. The minimum atomic E-state index is -0.194. The van der Waals surface area contributed by atoms with Crippen LogP contribution in [-0.2, 0) is 6.54 Å². The van der Waals surface area contributed by atoms with Crippen molar-refractivity contribution in [3.63, 3.8) is 0 Å². The molecule has 2 fully saturated rings. The van der Waals surface area contributed by atoms with E-state index >= 15 is 0 Å². The van der Waals surface area contributed by atoms with Gasteiger partial charge in [0.1, 0.15) is 18.1 Å². The molecule has 2 aromatic heterocycles. The molecule has 0 aliphatic carbocycles. The summed E-state index contributed by atoms with van der Waals surface area (Å²) >= 11 is 0. The Kier molecular flexibility index (Phi) is 6.38. The third kappa shape index (κ3) is 4.85. The van der Waals surface area contributed by atoms with Crippen molar-refractivity contribution < 1.29 is 9.21 Å². The number of hydrogen-bond acceptors (Lipinski definition) is 6. The Hall–Kier alpha value is -3.55. The van der Waals surface area contributed by atoms with Crippen LogP contribution < -0.4 is 15.4 Å². The van der Waals surface area contributed by atoms with Crippen LogP contribution in [0.25, 0.3) is 0 Å². The molecule has 2 saturated heterocycles. The number of amides is 1. The summed E-state index contributed by atoms with van der Waals surface area (Å²) in [5.41, 5.74) is 1.03. The van der Waals surface area contributed by atoms with Gasteiger partial charge in [-0.25, -0.2) is 4.68 Å². The van der Waals surface area contributed by atoms with Gasteiger partial charge < -0.3 is 19.1 Å². The zero-order chi connectivity index (χ0) is 23.5. The predicted molar refractivity (Wildman–Crippen MR) is 131 cm³/mol. The number of rotatable bonds is 5. The number of piperazine rings is 1. The summed E-state index contributed by atoms with van der Waals surface area (Å²) < 4.78 is 7.23. The smallest absolute Gasteiger partial charge is 0.289 e. The predicted octanol–water partition coefficient (Wildman–Crippen LogP) is 3.08. The summed E-state index contributed by atoms with van der Waals surface area (Å²) in [6.45, 7) is 7.37. The Morgan fingerprint density at radius 1 is 0.912 bits per heavy atom. The van der Waals surface area contributed by atoms with Gasteiger partial charge in [0.05, 0.1) is 0 Å². The quantitative estimate of drug-likeness (QED) is 0.581. The largest absolute Gasteiger partial charge is 0.454 e. The van der Waals surface area contributed by atoms with E-state index in [1.54, 1.807) is 24.3 Å². The Morgan fingerprint density at radius 2 is 1.62 bits per heavy atom. The number of anilines is 2. The van der Waals surface area contributed by atoms with Crippen molar-refractivity contribution in [1.82, 2.24) is 14.7 Å². The Morgan fingerprint density at radius 3 is 2.35 bits per heavy atom. The number of furan rings is 1. The van der Waals surface area contributed by atoms with Crippen molar-refractivity contribution in [1.29, 1.82) is 0 Å². The SMILES string of the molecule is CC1CCN(C(=O)c2ccc(Cn3nc(N4CCN(c5ccccc5)CC4)ccc3=O)o2)CC1. The van der Waals surface area contributed by atoms with Gasteiger partial charge in [0.15, 0.2) is 5.76 Å². The van der Waals surface area contributed by atoms with Crippen LogP contribution in [0.3, 0.4) is 0 Å². The van der Waals surface area contributed by atoms with Crippen LogP contribution in [0.4, 0.5) is 11.5 Å². The Bertz CT molecular complexity index is 1170. The van der Waals surface area contributed by atoms with E-state index in [2.05, 4.69) is 46.1 Å². The lowest BCUT2D eigenvalue weighted by Crippen LogP contribution is -2.47. The third-order valence-electron chi connectivity index (χ3n) is 6.83. The molecule has 0 atom stereocenters. The molecule has 0 saturated carbocycles. The number of nitrogens with zero attached hydrogens (tertiary/aromatic N) is 5. The number of carbonyl (C=O) groups excluding carboxylic acids is 1. The molecule has 0 radical (unpaired) electrons. The van der Waals surface area contributed by atoms with Gasteiger partial charge in [0, 0.05) is 51.0 Å². The Balaban J connectivity index is 1.24. The van der Waals surface area contributed by atoms with Gasteiger partial charge in [-0.05, 0) is 49.1 Å². The van der Waals surface area contributed by atoms with Crippen molar-refractivity contribution in [2.24, 2.45) is 5.92 Å². The number of carbonyl (C=O) groups is 1. The summed E-state index contributed by atoms with van der Waals surface area (Å²) in [5, 5.41) is 4.60. The van der Waals surface area contributed by atoms with Gasteiger partial charge in [-0.2, -0.15) is 5.10 Å². The first-order chi connectivity index (χ1) is 16.6. The highest BCUT2D eigenvalue weighted by atomic mass is 16.4. The fourth-order valence-corrected chi connectivity index (χ4v) is 4.65. The second-order valence-electron chi connectivity index (χ2n) is 9.24. The molecule has 8 nitrogen and oxygen atoms in total. The minimum Gasteiger partial charge on any atom is -0.454 e. The molecule has 2 aliphatic heterocycles. The molecule has 178 valence electrons. The van der Waals surface area contributed by atoms with Crippen LogP contribution in [0.5, 0.6) is 0 Å². The summed E-state index contributed by atoms with van der Waals surface area (Å²) in [7, 11) is 0. The van der Waals surface area contributed by atoms with Crippen molar-refractivity contribution >= 4 is 17.4 Å². The second kappa shape index (κ2) is 9.75. The molecule has 5 rings (SSSR count). The summed E-state index contributed by atoms with van der Waals surface area (Å²) in [6.07, 6.45) is 2.04. The first-order valence-corrected chi connectivity index (χ1v) is 12.1. The third-order valence-corrected chi connectivity index (χ3v) is 6.83. The molecule has 1 amide bonds. The lowest BCUT2D eigenvalue weighted by molar-refractivity contribution is 0.0663. The molecule has 8 heteroatoms. The van der Waals surface area contributed by atoms with Crippen LogP contribution in [-0.4, -0.2) is 59.9 Å². The van der Waals surface area contributed by atoms with Gasteiger partial charge in [0.2, 0.25) is 0 Å². The van der Waals surface area contributed by atoms with Gasteiger partial charge in [0.25, 0.3) is 11.5 Å². The number of likely N-dealkylation sites (tertiary alicyclic amines) is 1. The zero-order valence-corrected chi connectivity index (χ0v) is 19.6. The van der Waals surface area contributed by atoms with Crippen LogP contribution in [0.1, 0.15) is 36.1 Å². The number of aromatic nitrogens is 2. The number of para-hydroxylation sites is 1. The lowest BCUT2D eigenvalue weighted by atomic mass is 9.99. The van der Waals surface area contributed by atoms with E-state index in [1.807, 2.05) is 11.0 Å². The van der Waals surface area contributed by atoms with E-state index in [9.17, 15) is 9.59 Å². The van der Waals surface area contributed by atoms with Gasteiger partial charge >= 0.3 is 0 Å². The highest BCUT2D eigenvalue weighted by Gasteiger charge is 2.24. The fraction of sp³-hybridized carbons (Fsp3) is 0.423. The topological polar surface area (TPSA) is 74.8 Å². The normalized spacial score (nSPS) is 17.3. The van der Waals surface area contributed by atoms with Crippen molar-refractivity contribution in [2.45, 2.75) is 26.3 Å². The highest BCUT2D eigenvalue weighted by molar-refractivity contribution is 5.91. The highest BCUT2D eigenvalue weighted by Crippen LogP contribution is 2.20. The maximum atomic E-state index is 12.8. The molecular formula is C26H31N5O3. The molecule has 4 heterocycles. The zero-order valence-electron chi connectivity index (χ0n) is 19.6. The van der Waals surface area contributed by atoms with E-state index in [1.165, 1.54) is 10.4 Å². The van der Waals surface area contributed by atoms with Crippen LogP contribution in [0.15, 0.2) is 63.8 Å². The average Bonchev–Trinajstić information content (AvgIpc) is 3.35. The van der Waals surface area contributed by atoms with E-state index in [-0.39, 0.29) is 18.0 Å². The Labute approximate surface area is 199 Å². The molecular weight excluding hydrogens is 430 g/mol. The van der Waals surface area contributed by atoms with Gasteiger partial charge in [-0.3, -0.25) is 9.59 Å². The monoisotopic (exact) mass is 461 g/mol. The molecule has 2 aliphatic rings. The molecule has 0 N–H and O–H groups in total. The second-order valence-corrected chi connectivity index (χ2v) is 9.24. The van der Waals surface area contributed by atoms with Crippen molar-refractivity contribution in [3.05, 3.63) is 76.5 Å². The van der Waals surface area contributed by atoms with Gasteiger partial charge in [-0.15, -0.1) is 0 Å². The van der Waals surface area contributed by atoms with Crippen LogP contribution in [0.2, 0.25) is 0 Å². The maximum absolute atomic E-state index is 12.8. The van der Waals surface area contributed by atoms with Crippen molar-refractivity contribution in [3.8, 4) is 0 Å².